The minimum atomic E-state index is 0.0158. The third kappa shape index (κ3) is 4.64. The third-order valence-electron chi connectivity index (χ3n) is 2.97. The van der Waals surface area contributed by atoms with Gasteiger partial charge in [-0.05, 0) is 25.0 Å². The van der Waals surface area contributed by atoms with E-state index in [0.29, 0.717) is 11.3 Å². The van der Waals surface area contributed by atoms with Gasteiger partial charge in [0.05, 0.1) is 0 Å². The van der Waals surface area contributed by atoms with Crippen molar-refractivity contribution in [1.29, 1.82) is 0 Å². The van der Waals surface area contributed by atoms with Crippen LogP contribution in [0.2, 0.25) is 0 Å². The lowest BCUT2D eigenvalue weighted by Gasteiger charge is -2.20. The summed E-state index contributed by atoms with van der Waals surface area (Å²) in [5.41, 5.74) is 0. The van der Waals surface area contributed by atoms with Crippen molar-refractivity contribution in [3.63, 3.8) is 0 Å². The first-order chi connectivity index (χ1) is 7.77. The normalized spacial score (nSPS) is 24.4. The monoisotopic (exact) mass is 244 g/mol. The molecule has 0 aromatic heterocycles. The number of amides is 2. The Morgan fingerprint density at radius 3 is 2.88 bits per heavy atom. The zero-order chi connectivity index (χ0) is 11.8. The predicted molar refractivity (Wildman–Crippen MR) is 71.0 cm³/mol. The summed E-state index contributed by atoms with van der Waals surface area (Å²) in [4.78, 5) is 11.6. The first kappa shape index (κ1) is 13.7. The van der Waals surface area contributed by atoms with Gasteiger partial charge in [0.15, 0.2) is 0 Å². The van der Waals surface area contributed by atoms with E-state index in [1.165, 1.54) is 12.8 Å². The maximum atomic E-state index is 11.6. The number of carbonyl (C=O) groups excluding carboxylic acids is 1. The molecule has 4 heteroatoms. The van der Waals surface area contributed by atoms with Crippen LogP contribution in [0.5, 0.6) is 0 Å². The number of hydrogen-bond donors (Lipinski definition) is 2. The zero-order valence-corrected chi connectivity index (χ0v) is 11.2. The number of thioether (sulfide) groups is 1. The first-order valence-electron chi connectivity index (χ1n) is 6.43. The molecular formula is C12H24N2OS. The Kier molecular flexibility index (Phi) is 6.69. The van der Waals surface area contributed by atoms with E-state index in [4.69, 9.17) is 0 Å². The smallest absolute Gasteiger partial charge is 0.315 e. The van der Waals surface area contributed by atoms with Crippen LogP contribution in [0.4, 0.5) is 4.79 Å². The fourth-order valence-corrected chi connectivity index (χ4v) is 3.30. The van der Waals surface area contributed by atoms with Crippen LogP contribution >= 0.6 is 11.8 Å². The van der Waals surface area contributed by atoms with Gasteiger partial charge in [-0.1, -0.05) is 26.7 Å². The SMILES string of the molecule is CCCCNC(=O)NC1CCCC1SCC. The molecule has 1 aliphatic rings. The quantitative estimate of drug-likeness (QED) is 0.705. The summed E-state index contributed by atoms with van der Waals surface area (Å²) >= 11 is 1.97. The van der Waals surface area contributed by atoms with Crippen LogP contribution in [0.15, 0.2) is 0 Å². The number of hydrogen-bond acceptors (Lipinski definition) is 2. The number of nitrogens with one attached hydrogen (secondary N) is 2. The largest absolute Gasteiger partial charge is 0.338 e. The highest BCUT2D eigenvalue weighted by atomic mass is 32.2. The molecule has 0 aliphatic heterocycles. The minimum Gasteiger partial charge on any atom is -0.338 e. The van der Waals surface area contributed by atoms with E-state index in [2.05, 4.69) is 24.5 Å². The van der Waals surface area contributed by atoms with Crippen LogP contribution in [0, 0.1) is 0 Å². The molecule has 2 atom stereocenters. The Morgan fingerprint density at radius 1 is 1.38 bits per heavy atom. The van der Waals surface area contributed by atoms with Crippen LogP contribution in [-0.4, -0.2) is 29.6 Å². The van der Waals surface area contributed by atoms with Crippen LogP contribution < -0.4 is 10.6 Å². The second-order valence-electron chi connectivity index (χ2n) is 4.28. The molecule has 1 fully saturated rings. The number of carbonyl (C=O) groups is 1. The Hall–Kier alpha value is -0.380. The fraction of sp³-hybridized carbons (Fsp3) is 0.917. The number of unbranched alkanes of at least 4 members (excludes halogenated alkanes) is 1. The molecule has 1 rings (SSSR count). The molecule has 94 valence electrons. The van der Waals surface area contributed by atoms with Gasteiger partial charge in [0.2, 0.25) is 0 Å². The summed E-state index contributed by atoms with van der Waals surface area (Å²) in [5.74, 6) is 1.14. The summed E-state index contributed by atoms with van der Waals surface area (Å²) in [5, 5.41) is 6.64. The van der Waals surface area contributed by atoms with Gasteiger partial charge in [0, 0.05) is 17.8 Å². The van der Waals surface area contributed by atoms with Crippen LogP contribution in [0.25, 0.3) is 0 Å². The highest BCUT2D eigenvalue weighted by Gasteiger charge is 2.28. The number of urea groups is 1. The van der Waals surface area contributed by atoms with E-state index in [9.17, 15) is 4.79 Å². The van der Waals surface area contributed by atoms with Crippen molar-refractivity contribution >= 4 is 17.8 Å². The lowest BCUT2D eigenvalue weighted by Crippen LogP contribution is -2.44. The molecule has 0 bridgehead atoms. The average Bonchev–Trinajstić information content (AvgIpc) is 2.67. The predicted octanol–water partition coefficient (Wildman–Crippen LogP) is 2.76. The first-order valence-corrected chi connectivity index (χ1v) is 7.48. The van der Waals surface area contributed by atoms with Crippen molar-refractivity contribution < 1.29 is 4.79 Å². The minimum absolute atomic E-state index is 0.0158. The maximum absolute atomic E-state index is 11.6. The molecule has 3 nitrogen and oxygen atoms in total. The van der Waals surface area contributed by atoms with Crippen molar-refractivity contribution in [1.82, 2.24) is 10.6 Å². The molecule has 16 heavy (non-hydrogen) atoms. The Morgan fingerprint density at radius 2 is 2.19 bits per heavy atom. The van der Waals surface area contributed by atoms with Gasteiger partial charge in [-0.15, -0.1) is 0 Å². The maximum Gasteiger partial charge on any atom is 0.315 e. The summed E-state index contributed by atoms with van der Waals surface area (Å²) in [6.07, 6.45) is 5.82. The highest BCUT2D eigenvalue weighted by Crippen LogP contribution is 2.29. The molecule has 2 amide bonds. The highest BCUT2D eigenvalue weighted by molar-refractivity contribution is 7.99. The Labute approximate surface area is 103 Å². The van der Waals surface area contributed by atoms with E-state index in [1.807, 2.05) is 11.8 Å². The van der Waals surface area contributed by atoms with E-state index >= 15 is 0 Å². The molecule has 1 saturated carbocycles. The second kappa shape index (κ2) is 7.82. The van der Waals surface area contributed by atoms with Gasteiger partial charge in [-0.3, -0.25) is 0 Å². The Bertz CT molecular complexity index is 211. The zero-order valence-electron chi connectivity index (χ0n) is 10.4. The van der Waals surface area contributed by atoms with Crippen molar-refractivity contribution in [2.75, 3.05) is 12.3 Å². The van der Waals surface area contributed by atoms with Crippen molar-refractivity contribution in [2.24, 2.45) is 0 Å². The number of rotatable bonds is 6. The van der Waals surface area contributed by atoms with Gasteiger partial charge in [-0.25, -0.2) is 4.79 Å². The summed E-state index contributed by atoms with van der Waals surface area (Å²) in [6.45, 7) is 5.10. The van der Waals surface area contributed by atoms with E-state index in [-0.39, 0.29) is 6.03 Å². The molecule has 0 radical (unpaired) electrons. The topological polar surface area (TPSA) is 41.1 Å². The van der Waals surface area contributed by atoms with Gasteiger partial charge >= 0.3 is 6.03 Å². The summed E-state index contributed by atoms with van der Waals surface area (Å²) < 4.78 is 0. The molecule has 1 aliphatic carbocycles. The van der Waals surface area contributed by atoms with Crippen molar-refractivity contribution in [2.45, 2.75) is 57.2 Å². The van der Waals surface area contributed by atoms with Crippen LogP contribution in [-0.2, 0) is 0 Å². The van der Waals surface area contributed by atoms with Gasteiger partial charge in [-0.2, -0.15) is 11.8 Å². The lowest BCUT2D eigenvalue weighted by atomic mass is 10.2. The molecule has 0 aromatic carbocycles. The standard InChI is InChI=1S/C12H24N2OS/c1-3-5-9-13-12(15)14-10-7-6-8-11(10)16-4-2/h10-11H,3-9H2,1-2H3,(H2,13,14,15). The van der Waals surface area contributed by atoms with Gasteiger partial charge < -0.3 is 10.6 Å². The lowest BCUT2D eigenvalue weighted by molar-refractivity contribution is 0.237. The molecule has 0 aromatic rings. The van der Waals surface area contributed by atoms with Gasteiger partial charge in [0.25, 0.3) is 0 Å². The van der Waals surface area contributed by atoms with Crippen molar-refractivity contribution in [3.8, 4) is 0 Å². The molecule has 0 heterocycles. The van der Waals surface area contributed by atoms with E-state index in [1.54, 1.807) is 0 Å². The Balaban J connectivity index is 2.21. The molecule has 0 spiro atoms. The van der Waals surface area contributed by atoms with Gasteiger partial charge in [0.1, 0.15) is 0 Å². The molecule has 0 saturated heterocycles. The summed E-state index contributed by atoms with van der Waals surface area (Å²) in [7, 11) is 0. The molecular weight excluding hydrogens is 220 g/mol. The van der Waals surface area contributed by atoms with E-state index < -0.39 is 0 Å². The summed E-state index contributed by atoms with van der Waals surface area (Å²) in [6, 6.07) is 0.397. The van der Waals surface area contributed by atoms with Crippen LogP contribution in [0.3, 0.4) is 0 Å². The average molecular weight is 244 g/mol. The molecule has 2 N–H and O–H groups in total. The van der Waals surface area contributed by atoms with Crippen molar-refractivity contribution in [3.05, 3.63) is 0 Å². The molecule has 2 unspecified atom stereocenters. The van der Waals surface area contributed by atoms with E-state index in [0.717, 1.165) is 31.6 Å². The third-order valence-corrected chi connectivity index (χ3v) is 4.29. The fourth-order valence-electron chi connectivity index (χ4n) is 2.10. The second-order valence-corrected chi connectivity index (χ2v) is 5.80. The van der Waals surface area contributed by atoms with Crippen LogP contribution in [0.1, 0.15) is 46.0 Å².